The van der Waals surface area contributed by atoms with Crippen LogP contribution in [0, 0.1) is 11.3 Å². The molecule has 0 aliphatic carbocycles. The third-order valence-electron chi connectivity index (χ3n) is 7.32. The molecule has 1 unspecified atom stereocenters. The first-order valence-electron chi connectivity index (χ1n) is 13.3. The zero-order chi connectivity index (χ0) is 29.1. The molecule has 1 saturated heterocycles. The van der Waals surface area contributed by atoms with E-state index in [4.69, 9.17) is 19.0 Å². The van der Waals surface area contributed by atoms with Crippen LogP contribution in [0.3, 0.4) is 0 Å². The molecule has 10 heteroatoms. The molecule has 0 radical (unpaired) electrons. The number of amides is 1. The Labute approximate surface area is 238 Å². The minimum Gasteiger partial charge on any atom is -0.496 e. The second-order valence-electron chi connectivity index (χ2n) is 10.2. The Morgan fingerprint density at radius 3 is 2.61 bits per heavy atom. The molecule has 3 heterocycles. The summed E-state index contributed by atoms with van der Waals surface area (Å²) in [6.07, 6.45) is 2.04. The lowest BCUT2D eigenvalue weighted by Gasteiger charge is -2.32. The van der Waals surface area contributed by atoms with Gasteiger partial charge in [-0.25, -0.2) is 0 Å². The molecular weight excluding hydrogens is 524 g/mol. The highest BCUT2D eigenvalue weighted by Crippen LogP contribution is 2.39. The average molecular weight is 557 g/mol. The van der Waals surface area contributed by atoms with Gasteiger partial charge in [0.25, 0.3) is 0 Å². The molecule has 5 rings (SSSR count). The van der Waals surface area contributed by atoms with Crippen LogP contribution in [0.15, 0.2) is 59.1 Å². The van der Waals surface area contributed by atoms with Crippen LogP contribution in [-0.4, -0.2) is 77.9 Å². The van der Waals surface area contributed by atoms with E-state index in [0.717, 1.165) is 16.7 Å². The second-order valence-corrected chi connectivity index (χ2v) is 10.2. The van der Waals surface area contributed by atoms with Crippen LogP contribution in [0.1, 0.15) is 30.2 Å². The van der Waals surface area contributed by atoms with Crippen molar-refractivity contribution in [2.45, 2.75) is 25.2 Å². The molecular formula is C31H32N4O6. The van der Waals surface area contributed by atoms with Crippen LogP contribution < -0.4 is 9.47 Å². The Balaban J connectivity index is 1.42. The van der Waals surface area contributed by atoms with Crippen LogP contribution in [0.2, 0.25) is 0 Å². The number of rotatable bonds is 8. The van der Waals surface area contributed by atoms with Crippen molar-refractivity contribution in [3.05, 3.63) is 65.9 Å². The quantitative estimate of drug-likeness (QED) is 0.310. The smallest absolute Gasteiger partial charge is 0.248 e. The lowest BCUT2D eigenvalue weighted by Crippen LogP contribution is -2.42. The number of furan rings is 1. The number of methoxy groups -OCH3 is 1. The molecule has 2 aromatic heterocycles. The molecule has 1 fully saturated rings. The zero-order valence-electron chi connectivity index (χ0n) is 23.2. The molecule has 212 valence electrons. The van der Waals surface area contributed by atoms with Crippen molar-refractivity contribution in [3.8, 4) is 40.0 Å². The summed E-state index contributed by atoms with van der Waals surface area (Å²) >= 11 is 0. The number of piperidine rings is 1. The number of aliphatic hydroxyl groups is 2. The van der Waals surface area contributed by atoms with Crippen molar-refractivity contribution < 1.29 is 28.9 Å². The van der Waals surface area contributed by atoms with Gasteiger partial charge >= 0.3 is 0 Å². The standard InChI is InChI=1S/C31H32N4O6/c1-34(2)31(38)20-4-6-24(27(15-20)39-3)28-16-25-30(41-28)23(8-11-33-25)19-5-7-26(21(14-19)17-32)40-22-9-12-35(13-10-22)29(37)18-36/h4-8,11,14-16,22,31,36,38H,9-10,12-13,18H2,1-3H3. The molecule has 0 saturated carbocycles. The minimum absolute atomic E-state index is 0.129. The van der Waals surface area contributed by atoms with Crippen molar-refractivity contribution >= 4 is 17.0 Å². The maximum atomic E-state index is 11.7. The lowest BCUT2D eigenvalue weighted by molar-refractivity contribution is -0.135. The van der Waals surface area contributed by atoms with Crippen LogP contribution in [0.5, 0.6) is 11.5 Å². The second kappa shape index (κ2) is 12.0. The van der Waals surface area contributed by atoms with Crippen molar-refractivity contribution in [1.82, 2.24) is 14.8 Å². The van der Waals surface area contributed by atoms with Gasteiger partial charge in [-0.05, 0) is 55.6 Å². The van der Waals surface area contributed by atoms with E-state index in [1.54, 1.807) is 55.4 Å². The van der Waals surface area contributed by atoms with Crippen LogP contribution in [0.25, 0.3) is 33.6 Å². The summed E-state index contributed by atoms with van der Waals surface area (Å²) in [5.74, 6) is 1.32. The highest BCUT2D eigenvalue weighted by Gasteiger charge is 2.24. The van der Waals surface area contributed by atoms with Gasteiger partial charge in [-0.3, -0.25) is 14.7 Å². The predicted molar refractivity (Wildman–Crippen MR) is 152 cm³/mol. The number of nitriles is 1. The fraction of sp³-hybridized carbons (Fsp3) is 0.323. The third kappa shape index (κ3) is 5.74. The topological polar surface area (TPSA) is 132 Å². The number of benzene rings is 2. The monoisotopic (exact) mass is 556 g/mol. The van der Waals surface area contributed by atoms with Crippen molar-refractivity contribution in [1.29, 1.82) is 5.26 Å². The molecule has 1 amide bonds. The number of nitrogens with zero attached hydrogens (tertiary/aromatic N) is 4. The van der Waals surface area contributed by atoms with Crippen molar-refractivity contribution in [2.24, 2.45) is 0 Å². The van der Waals surface area contributed by atoms with Gasteiger partial charge in [0, 0.05) is 43.8 Å². The van der Waals surface area contributed by atoms with E-state index in [9.17, 15) is 15.2 Å². The van der Waals surface area contributed by atoms with Crippen molar-refractivity contribution in [3.63, 3.8) is 0 Å². The predicted octanol–water partition coefficient (Wildman–Crippen LogP) is 3.96. The summed E-state index contributed by atoms with van der Waals surface area (Å²) in [6.45, 7) is 0.513. The maximum absolute atomic E-state index is 11.7. The largest absolute Gasteiger partial charge is 0.496 e. The van der Waals surface area contributed by atoms with Crippen LogP contribution in [0.4, 0.5) is 0 Å². The number of aromatic nitrogens is 1. The van der Waals surface area contributed by atoms with E-state index >= 15 is 0 Å². The van der Waals surface area contributed by atoms with Gasteiger partial charge < -0.3 is 29.0 Å². The van der Waals surface area contributed by atoms with Gasteiger partial charge in [0.15, 0.2) is 5.58 Å². The van der Waals surface area contributed by atoms with E-state index in [2.05, 4.69) is 11.1 Å². The SMILES string of the molecule is COc1cc(C(O)N(C)C)ccc1-c1cc2nccc(-c3ccc(OC4CCN(C(=O)CO)CC4)c(C#N)c3)c2o1. The van der Waals surface area contributed by atoms with E-state index in [1.807, 2.05) is 30.3 Å². The molecule has 2 aromatic carbocycles. The Kier molecular flexibility index (Phi) is 8.21. The number of hydrogen-bond donors (Lipinski definition) is 2. The summed E-state index contributed by atoms with van der Waals surface area (Å²) in [4.78, 5) is 19.5. The highest BCUT2D eigenvalue weighted by molar-refractivity contribution is 5.93. The first kappa shape index (κ1) is 28.1. The lowest BCUT2D eigenvalue weighted by atomic mass is 10.0. The van der Waals surface area contributed by atoms with E-state index < -0.39 is 12.8 Å². The number of aliphatic hydroxyl groups excluding tert-OH is 2. The number of fused-ring (bicyclic) bond motifs is 1. The maximum Gasteiger partial charge on any atom is 0.248 e. The number of pyridine rings is 1. The summed E-state index contributed by atoms with van der Waals surface area (Å²) in [5.41, 5.74) is 4.59. The van der Waals surface area contributed by atoms with Gasteiger partial charge in [-0.1, -0.05) is 12.1 Å². The molecule has 10 nitrogen and oxygen atoms in total. The summed E-state index contributed by atoms with van der Waals surface area (Å²) in [5, 5.41) is 29.4. The normalized spacial score (nSPS) is 14.7. The zero-order valence-corrected chi connectivity index (χ0v) is 23.2. The summed E-state index contributed by atoms with van der Waals surface area (Å²) < 4.78 is 18.1. The average Bonchev–Trinajstić information content (AvgIpc) is 3.45. The van der Waals surface area contributed by atoms with Gasteiger partial charge in [-0.15, -0.1) is 0 Å². The van der Waals surface area contributed by atoms with Gasteiger partial charge in [-0.2, -0.15) is 5.26 Å². The van der Waals surface area contributed by atoms with Gasteiger partial charge in [0.05, 0.1) is 18.2 Å². The van der Waals surface area contributed by atoms with Gasteiger partial charge in [0.1, 0.15) is 47.8 Å². The summed E-state index contributed by atoms with van der Waals surface area (Å²) in [7, 11) is 5.16. The molecule has 1 aliphatic heterocycles. The molecule has 4 aromatic rings. The first-order chi connectivity index (χ1) is 19.8. The number of likely N-dealkylation sites (tertiary alicyclic amines) is 1. The fourth-order valence-corrected chi connectivity index (χ4v) is 5.06. The Hall–Kier alpha value is -4.43. The number of carbonyl (C=O) groups excluding carboxylic acids is 1. The molecule has 0 bridgehead atoms. The minimum atomic E-state index is -0.772. The summed E-state index contributed by atoms with van der Waals surface area (Å²) in [6, 6.07) is 16.8. The first-order valence-corrected chi connectivity index (χ1v) is 13.3. The number of hydrogen-bond acceptors (Lipinski definition) is 9. The van der Waals surface area contributed by atoms with Crippen LogP contribution >= 0.6 is 0 Å². The van der Waals surface area contributed by atoms with E-state index in [1.165, 1.54) is 0 Å². The number of ether oxygens (including phenoxy) is 2. The third-order valence-corrected chi connectivity index (χ3v) is 7.32. The van der Waals surface area contributed by atoms with E-state index in [0.29, 0.717) is 65.4 Å². The Bertz CT molecular complexity index is 1600. The number of carbonyl (C=O) groups is 1. The fourth-order valence-electron chi connectivity index (χ4n) is 5.06. The molecule has 1 atom stereocenters. The molecule has 0 spiro atoms. The molecule has 2 N–H and O–H groups in total. The Morgan fingerprint density at radius 2 is 1.93 bits per heavy atom. The van der Waals surface area contributed by atoms with E-state index in [-0.39, 0.29) is 12.0 Å². The highest BCUT2D eigenvalue weighted by atomic mass is 16.5. The van der Waals surface area contributed by atoms with Crippen molar-refractivity contribution in [2.75, 3.05) is 40.9 Å². The molecule has 1 aliphatic rings. The van der Waals surface area contributed by atoms with Crippen LogP contribution in [-0.2, 0) is 4.79 Å². The molecule has 41 heavy (non-hydrogen) atoms. The Morgan fingerprint density at radius 1 is 1.15 bits per heavy atom. The van der Waals surface area contributed by atoms with Gasteiger partial charge in [0.2, 0.25) is 5.91 Å².